The molecule has 1 fully saturated rings. The molecule has 112 valence electrons. The fourth-order valence-corrected chi connectivity index (χ4v) is 2.90. The first-order valence-electron chi connectivity index (χ1n) is 7.55. The van der Waals surface area contributed by atoms with E-state index >= 15 is 0 Å². The van der Waals surface area contributed by atoms with Gasteiger partial charge in [0.25, 0.3) is 0 Å². The maximum Gasteiger partial charge on any atom is 0.225 e. The molecule has 1 aliphatic rings. The highest BCUT2D eigenvalue weighted by Crippen LogP contribution is 2.15. The van der Waals surface area contributed by atoms with Crippen LogP contribution in [-0.4, -0.2) is 51.0 Å². The number of nitrogens with zero attached hydrogens (tertiary/aromatic N) is 5. The zero-order valence-electron chi connectivity index (χ0n) is 12.3. The number of rotatable bonds is 3. The number of piperazine rings is 1. The van der Waals surface area contributed by atoms with Gasteiger partial charge in [0.1, 0.15) is 0 Å². The van der Waals surface area contributed by atoms with E-state index in [2.05, 4.69) is 47.9 Å². The van der Waals surface area contributed by atoms with Crippen LogP contribution in [-0.2, 0) is 6.54 Å². The number of anilines is 1. The van der Waals surface area contributed by atoms with Crippen molar-refractivity contribution in [1.82, 2.24) is 24.8 Å². The summed E-state index contributed by atoms with van der Waals surface area (Å²) in [6.07, 6.45) is 5.34. The summed E-state index contributed by atoms with van der Waals surface area (Å²) in [7, 11) is 0. The Bertz CT molecular complexity index is 745. The molecule has 0 aliphatic carbocycles. The minimum absolute atomic E-state index is 0.834. The first-order valence-corrected chi connectivity index (χ1v) is 7.55. The molecule has 0 amide bonds. The van der Waals surface area contributed by atoms with E-state index in [0.717, 1.165) is 49.7 Å². The van der Waals surface area contributed by atoms with Crippen LogP contribution in [0.3, 0.4) is 0 Å². The molecule has 2 aromatic heterocycles. The zero-order valence-corrected chi connectivity index (χ0v) is 12.3. The van der Waals surface area contributed by atoms with Gasteiger partial charge >= 0.3 is 0 Å². The van der Waals surface area contributed by atoms with Crippen molar-refractivity contribution in [2.45, 2.75) is 6.54 Å². The Morgan fingerprint density at radius 2 is 1.82 bits per heavy atom. The van der Waals surface area contributed by atoms with Crippen molar-refractivity contribution in [3.63, 3.8) is 0 Å². The first kappa shape index (κ1) is 13.2. The number of hydrogen-bond donors (Lipinski definition) is 1. The van der Waals surface area contributed by atoms with Crippen LogP contribution < -0.4 is 4.90 Å². The second-order valence-corrected chi connectivity index (χ2v) is 5.57. The Hall–Kier alpha value is -2.47. The van der Waals surface area contributed by atoms with Crippen molar-refractivity contribution >= 4 is 17.0 Å². The summed E-state index contributed by atoms with van der Waals surface area (Å²) in [6.45, 7) is 4.96. The summed E-state index contributed by atoms with van der Waals surface area (Å²) >= 11 is 0. The topological polar surface area (TPSA) is 60.9 Å². The van der Waals surface area contributed by atoms with Gasteiger partial charge in [-0.1, -0.05) is 6.07 Å². The molecule has 0 radical (unpaired) electrons. The predicted molar refractivity (Wildman–Crippen MR) is 85.6 cm³/mol. The summed E-state index contributed by atoms with van der Waals surface area (Å²) in [4.78, 5) is 20.8. The average molecular weight is 294 g/mol. The van der Waals surface area contributed by atoms with E-state index in [1.165, 1.54) is 5.56 Å². The SMILES string of the molecule is c1cnc(N2CCN(Cc3ccc4nc[nH]c4c3)CC2)nc1. The molecular formula is C16H18N6. The molecule has 1 aromatic carbocycles. The van der Waals surface area contributed by atoms with Crippen LogP contribution in [0.15, 0.2) is 43.0 Å². The summed E-state index contributed by atoms with van der Waals surface area (Å²) in [5.41, 5.74) is 3.45. The average Bonchev–Trinajstić information content (AvgIpc) is 3.04. The van der Waals surface area contributed by atoms with Crippen LogP contribution in [0.25, 0.3) is 11.0 Å². The fourth-order valence-electron chi connectivity index (χ4n) is 2.90. The minimum Gasteiger partial charge on any atom is -0.345 e. The predicted octanol–water partition coefficient (Wildman–Crippen LogP) is 1.68. The number of imidazole rings is 1. The third-order valence-corrected chi connectivity index (χ3v) is 4.10. The van der Waals surface area contributed by atoms with Gasteiger partial charge in [-0.05, 0) is 23.8 Å². The van der Waals surface area contributed by atoms with Gasteiger partial charge in [-0.15, -0.1) is 0 Å². The van der Waals surface area contributed by atoms with E-state index in [-0.39, 0.29) is 0 Å². The largest absolute Gasteiger partial charge is 0.345 e. The second-order valence-electron chi connectivity index (χ2n) is 5.57. The molecular weight excluding hydrogens is 276 g/mol. The number of aromatic amines is 1. The molecule has 6 nitrogen and oxygen atoms in total. The molecule has 1 saturated heterocycles. The quantitative estimate of drug-likeness (QED) is 0.796. The molecule has 0 saturated carbocycles. The molecule has 6 heteroatoms. The standard InChI is InChI=1S/C16H18N6/c1-4-17-16(18-5-1)22-8-6-21(7-9-22)11-13-2-3-14-15(10-13)20-12-19-14/h1-5,10,12H,6-9,11H2,(H,19,20). The fraction of sp³-hybridized carbons (Fsp3) is 0.312. The lowest BCUT2D eigenvalue weighted by Gasteiger charge is -2.34. The molecule has 0 bridgehead atoms. The van der Waals surface area contributed by atoms with E-state index in [4.69, 9.17) is 0 Å². The van der Waals surface area contributed by atoms with Gasteiger partial charge < -0.3 is 9.88 Å². The number of fused-ring (bicyclic) bond motifs is 1. The van der Waals surface area contributed by atoms with Gasteiger partial charge in [-0.2, -0.15) is 0 Å². The van der Waals surface area contributed by atoms with E-state index in [0.29, 0.717) is 0 Å². The van der Waals surface area contributed by atoms with Gasteiger partial charge in [-0.25, -0.2) is 15.0 Å². The van der Waals surface area contributed by atoms with Gasteiger partial charge in [0, 0.05) is 45.1 Å². The van der Waals surface area contributed by atoms with Crippen LogP contribution in [0.5, 0.6) is 0 Å². The van der Waals surface area contributed by atoms with Gasteiger partial charge in [0.05, 0.1) is 17.4 Å². The molecule has 1 N–H and O–H groups in total. The van der Waals surface area contributed by atoms with Crippen LogP contribution in [0.4, 0.5) is 5.95 Å². The minimum atomic E-state index is 0.834. The molecule has 3 aromatic rings. The van der Waals surface area contributed by atoms with E-state index in [1.54, 1.807) is 18.7 Å². The van der Waals surface area contributed by atoms with Crippen molar-refractivity contribution in [3.05, 3.63) is 48.5 Å². The molecule has 22 heavy (non-hydrogen) atoms. The lowest BCUT2D eigenvalue weighted by Crippen LogP contribution is -2.46. The van der Waals surface area contributed by atoms with Crippen molar-refractivity contribution in [2.75, 3.05) is 31.1 Å². The first-order chi connectivity index (χ1) is 10.9. The third-order valence-electron chi connectivity index (χ3n) is 4.10. The van der Waals surface area contributed by atoms with Crippen molar-refractivity contribution < 1.29 is 0 Å². The number of aromatic nitrogens is 4. The maximum absolute atomic E-state index is 4.32. The Morgan fingerprint density at radius 3 is 2.64 bits per heavy atom. The second kappa shape index (κ2) is 5.73. The van der Waals surface area contributed by atoms with Crippen LogP contribution in [0, 0.1) is 0 Å². The van der Waals surface area contributed by atoms with Crippen molar-refractivity contribution in [3.8, 4) is 0 Å². The molecule has 3 heterocycles. The lowest BCUT2D eigenvalue weighted by atomic mass is 10.1. The molecule has 0 unspecified atom stereocenters. The monoisotopic (exact) mass is 294 g/mol. The van der Waals surface area contributed by atoms with Crippen LogP contribution in [0.2, 0.25) is 0 Å². The lowest BCUT2D eigenvalue weighted by molar-refractivity contribution is 0.249. The molecule has 0 atom stereocenters. The normalized spacial score (nSPS) is 16.3. The van der Waals surface area contributed by atoms with Gasteiger partial charge in [0.2, 0.25) is 5.95 Å². The zero-order chi connectivity index (χ0) is 14.8. The Balaban J connectivity index is 1.39. The van der Waals surface area contributed by atoms with Crippen molar-refractivity contribution in [1.29, 1.82) is 0 Å². The Labute approximate surface area is 128 Å². The summed E-state index contributed by atoms with van der Waals surface area (Å²) in [5.74, 6) is 0.834. The highest BCUT2D eigenvalue weighted by molar-refractivity contribution is 5.74. The van der Waals surface area contributed by atoms with Crippen molar-refractivity contribution in [2.24, 2.45) is 0 Å². The highest BCUT2D eigenvalue weighted by atomic mass is 15.3. The van der Waals surface area contributed by atoms with E-state index < -0.39 is 0 Å². The highest BCUT2D eigenvalue weighted by Gasteiger charge is 2.18. The van der Waals surface area contributed by atoms with E-state index in [9.17, 15) is 0 Å². The van der Waals surface area contributed by atoms with E-state index in [1.807, 2.05) is 6.07 Å². The molecule has 4 rings (SSSR count). The summed E-state index contributed by atoms with van der Waals surface area (Å²) in [5, 5.41) is 0. The van der Waals surface area contributed by atoms with Gasteiger partial charge in [-0.3, -0.25) is 4.90 Å². The Morgan fingerprint density at radius 1 is 1.00 bits per heavy atom. The van der Waals surface area contributed by atoms with Gasteiger partial charge in [0.15, 0.2) is 0 Å². The number of nitrogens with one attached hydrogen (secondary N) is 1. The summed E-state index contributed by atoms with van der Waals surface area (Å²) in [6, 6.07) is 8.28. The number of benzene rings is 1. The molecule has 1 aliphatic heterocycles. The maximum atomic E-state index is 4.32. The number of H-pyrrole nitrogens is 1. The smallest absolute Gasteiger partial charge is 0.225 e. The summed E-state index contributed by atoms with van der Waals surface area (Å²) < 4.78 is 0. The molecule has 0 spiro atoms. The third kappa shape index (κ3) is 2.65. The number of hydrogen-bond acceptors (Lipinski definition) is 5. The van der Waals surface area contributed by atoms with Crippen LogP contribution >= 0.6 is 0 Å². The van der Waals surface area contributed by atoms with Crippen LogP contribution in [0.1, 0.15) is 5.56 Å². The Kier molecular flexibility index (Phi) is 3.44.